The van der Waals surface area contributed by atoms with Gasteiger partial charge in [-0.25, -0.2) is 0 Å². The van der Waals surface area contributed by atoms with E-state index in [0.29, 0.717) is 12.8 Å². The van der Waals surface area contributed by atoms with Gasteiger partial charge in [0.2, 0.25) is 0 Å². The van der Waals surface area contributed by atoms with Crippen LogP contribution >= 0.6 is 34.8 Å². The lowest BCUT2D eigenvalue weighted by Crippen LogP contribution is -2.20. The Balaban J connectivity index is 4.10. The maximum absolute atomic E-state index is 10.7. The number of allylic oxidation sites excluding steroid dienone is 1. The molecule has 0 aliphatic heterocycles. The lowest BCUT2D eigenvalue weighted by molar-refractivity contribution is -0.142. The van der Waals surface area contributed by atoms with Crippen LogP contribution in [0.3, 0.4) is 0 Å². The molecule has 0 aliphatic rings. The van der Waals surface area contributed by atoms with Crippen LogP contribution in [0.15, 0.2) is 12.7 Å². The minimum absolute atomic E-state index is 0.0286. The van der Waals surface area contributed by atoms with Gasteiger partial charge in [-0.15, -0.1) is 6.58 Å². The van der Waals surface area contributed by atoms with Gasteiger partial charge in [-0.2, -0.15) is 0 Å². The van der Waals surface area contributed by atoms with Crippen molar-refractivity contribution in [1.82, 2.24) is 0 Å². The van der Waals surface area contributed by atoms with E-state index in [2.05, 4.69) is 6.58 Å². The summed E-state index contributed by atoms with van der Waals surface area (Å²) in [6.07, 6.45) is 2.74. The molecule has 1 N–H and O–H groups in total. The Morgan fingerprint density at radius 1 is 1.54 bits per heavy atom. The fraction of sp³-hybridized carbons (Fsp3) is 0.625. The maximum Gasteiger partial charge on any atom is 0.306 e. The smallest absolute Gasteiger partial charge is 0.306 e. The minimum Gasteiger partial charge on any atom is -0.481 e. The molecule has 0 fully saturated rings. The number of halogens is 3. The van der Waals surface area contributed by atoms with Crippen molar-refractivity contribution in [3.05, 3.63) is 12.7 Å². The topological polar surface area (TPSA) is 37.3 Å². The van der Waals surface area contributed by atoms with Crippen LogP contribution in [0.4, 0.5) is 0 Å². The second-order valence-corrected chi connectivity index (χ2v) is 5.24. The molecule has 0 aliphatic carbocycles. The molecule has 0 heterocycles. The summed E-state index contributed by atoms with van der Waals surface area (Å²) in [6, 6.07) is 0. The zero-order valence-corrected chi connectivity index (χ0v) is 9.24. The van der Waals surface area contributed by atoms with Gasteiger partial charge in [-0.1, -0.05) is 40.9 Å². The first kappa shape index (κ1) is 13.1. The van der Waals surface area contributed by atoms with E-state index >= 15 is 0 Å². The zero-order valence-electron chi connectivity index (χ0n) is 6.97. The van der Waals surface area contributed by atoms with Crippen LogP contribution in [0.1, 0.15) is 19.3 Å². The number of aliphatic carboxylic acids is 1. The van der Waals surface area contributed by atoms with E-state index in [1.807, 2.05) is 0 Å². The highest BCUT2D eigenvalue weighted by Gasteiger charge is 2.29. The lowest BCUT2D eigenvalue weighted by Gasteiger charge is -2.16. The summed E-state index contributed by atoms with van der Waals surface area (Å²) in [5.74, 6) is -1.56. The Kier molecular flexibility index (Phi) is 5.77. The summed E-state index contributed by atoms with van der Waals surface area (Å²) >= 11 is 16.5. The van der Waals surface area contributed by atoms with Gasteiger partial charge in [0.15, 0.2) is 3.79 Å². The molecule has 76 valence electrons. The molecule has 0 amide bonds. The minimum atomic E-state index is -1.50. The monoisotopic (exact) mass is 244 g/mol. The van der Waals surface area contributed by atoms with Gasteiger partial charge in [0.05, 0.1) is 5.92 Å². The van der Waals surface area contributed by atoms with Crippen molar-refractivity contribution >= 4 is 40.8 Å². The number of rotatable bonds is 5. The standard InChI is InChI=1S/C8H11Cl3O2/c1-2-3-4-6(7(12)13)5-8(9,10)11/h2,6H,1,3-5H2,(H,12,13). The third-order valence-electron chi connectivity index (χ3n) is 1.55. The van der Waals surface area contributed by atoms with Gasteiger partial charge >= 0.3 is 5.97 Å². The van der Waals surface area contributed by atoms with Gasteiger partial charge in [0.1, 0.15) is 0 Å². The van der Waals surface area contributed by atoms with Crippen molar-refractivity contribution in [3.63, 3.8) is 0 Å². The largest absolute Gasteiger partial charge is 0.481 e. The summed E-state index contributed by atoms with van der Waals surface area (Å²) < 4.78 is -1.50. The summed E-state index contributed by atoms with van der Waals surface area (Å²) in [6.45, 7) is 3.50. The number of hydrogen-bond donors (Lipinski definition) is 1. The van der Waals surface area contributed by atoms with Gasteiger partial charge in [-0.3, -0.25) is 4.79 Å². The molecule has 2 nitrogen and oxygen atoms in total. The molecule has 0 saturated heterocycles. The molecule has 0 aromatic rings. The summed E-state index contributed by atoms with van der Waals surface area (Å²) in [5, 5.41) is 8.75. The summed E-state index contributed by atoms with van der Waals surface area (Å²) in [5.41, 5.74) is 0. The van der Waals surface area contributed by atoms with Crippen LogP contribution in [0.5, 0.6) is 0 Å². The highest BCUT2D eigenvalue weighted by Crippen LogP contribution is 2.34. The quantitative estimate of drug-likeness (QED) is 0.595. The first-order valence-electron chi connectivity index (χ1n) is 3.77. The Hall–Kier alpha value is 0.0800. The second-order valence-electron chi connectivity index (χ2n) is 2.72. The zero-order chi connectivity index (χ0) is 10.5. The molecule has 13 heavy (non-hydrogen) atoms. The van der Waals surface area contributed by atoms with Crippen LogP contribution in [-0.4, -0.2) is 14.9 Å². The highest BCUT2D eigenvalue weighted by molar-refractivity contribution is 6.67. The van der Waals surface area contributed by atoms with Gasteiger partial charge in [-0.05, 0) is 12.8 Å². The van der Waals surface area contributed by atoms with Gasteiger partial charge in [0.25, 0.3) is 0 Å². The van der Waals surface area contributed by atoms with Crippen molar-refractivity contribution in [2.24, 2.45) is 5.92 Å². The maximum atomic E-state index is 10.7. The van der Waals surface area contributed by atoms with Crippen molar-refractivity contribution in [2.75, 3.05) is 0 Å². The normalized spacial score (nSPS) is 13.8. The fourth-order valence-electron chi connectivity index (χ4n) is 0.911. The van der Waals surface area contributed by atoms with Crippen LogP contribution in [0.2, 0.25) is 0 Å². The molecule has 0 aromatic heterocycles. The van der Waals surface area contributed by atoms with Crippen LogP contribution in [0.25, 0.3) is 0 Å². The summed E-state index contributed by atoms with van der Waals surface area (Å²) in [4.78, 5) is 10.7. The number of carbonyl (C=O) groups is 1. The van der Waals surface area contributed by atoms with Crippen molar-refractivity contribution in [2.45, 2.75) is 23.1 Å². The second kappa shape index (κ2) is 5.74. The molecular formula is C8H11Cl3O2. The van der Waals surface area contributed by atoms with E-state index in [1.165, 1.54) is 0 Å². The van der Waals surface area contributed by atoms with E-state index in [4.69, 9.17) is 39.9 Å². The molecule has 0 aromatic carbocycles. The van der Waals surface area contributed by atoms with Crippen molar-refractivity contribution < 1.29 is 9.90 Å². The Morgan fingerprint density at radius 3 is 2.38 bits per heavy atom. The van der Waals surface area contributed by atoms with E-state index in [1.54, 1.807) is 6.08 Å². The van der Waals surface area contributed by atoms with E-state index in [0.717, 1.165) is 0 Å². The molecule has 1 unspecified atom stereocenters. The Bertz CT molecular complexity index is 186. The molecule has 0 radical (unpaired) electrons. The molecule has 1 atom stereocenters. The average molecular weight is 246 g/mol. The average Bonchev–Trinajstić information content (AvgIpc) is 1.95. The van der Waals surface area contributed by atoms with Crippen molar-refractivity contribution in [3.8, 4) is 0 Å². The third-order valence-corrected chi connectivity index (χ3v) is 2.01. The number of carboxylic acid groups (broad SMARTS) is 1. The number of carboxylic acids is 1. The first-order valence-corrected chi connectivity index (χ1v) is 4.90. The van der Waals surface area contributed by atoms with Gasteiger partial charge in [0, 0.05) is 6.42 Å². The molecule has 5 heteroatoms. The third kappa shape index (κ3) is 7.17. The van der Waals surface area contributed by atoms with E-state index in [9.17, 15) is 4.79 Å². The molecule has 0 saturated carbocycles. The molecule has 0 rings (SSSR count). The molecule has 0 bridgehead atoms. The number of alkyl halides is 3. The van der Waals surface area contributed by atoms with Crippen LogP contribution in [0, 0.1) is 5.92 Å². The lowest BCUT2D eigenvalue weighted by atomic mass is 10.0. The summed E-state index contributed by atoms with van der Waals surface area (Å²) in [7, 11) is 0. The van der Waals surface area contributed by atoms with E-state index in [-0.39, 0.29) is 6.42 Å². The van der Waals surface area contributed by atoms with Crippen LogP contribution in [-0.2, 0) is 4.79 Å². The van der Waals surface area contributed by atoms with Crippen molar-refractivity contribution in [1.29, 1.82) is 0 Å². The SMILES string of the molecule is C=CCCC(CC(Cl)(Cl)Cl)C(=O)O. The number of hydrogen-bond acceptors (Lipinski definition) is 1. The van der Waals surface area contributed by atoms with E-state index < -0.39 is 15.7 Å². The first-order chi connectivity index (χ1) is 5.87. The molecular weight excluding hydrogens is 234 g/mol. The predicted octanol–water partition coefficient (Wildman–Crippen LogP) is 3.41. The fourth-order valence-corrected chi connectivity index (χ4v) is 1.47. The highest BCUT2D eigenvalue weighted by atomic mass is 35.6. The Labute approximate surface area is 92.5 Å². The molecule has 0 spiro atoms. The Morgan fingerprint density at radius 2 is 2.08 bits per heavy atom. The van der Waals surface area contributed by atoms with Gasteiger partial charge < -0.3 is 5.11 Å². The predicted molar refractivity (Wildman–Crippen MR) is 55.5 cm³/mol. The van der Waals surface area contributed by atoms with Crippen LogP contribution < -0.4 is 0 Å².